The number of thioether (sulfide) groups is 2. The monoisotopic (exact) mass is 372 g/mol. The van der Waals surface area contributed by atoms with E-state index in [0.717, 1.165) is 11.4 Å². The van der Waals surface area contributed by atoms with Gasteiger partial charge in [-0.1, -0.05) is 30.3 Å². The van der Waals surface area contributed by atoms with Crippen LogP contribution in [0.3, 0.4) is 0 Å². The van der Waals surface area contributed by atoms with Crippen LogP contribution in [0.1, 0.15) is 10.9 Å². The van der Waals surface area contributed by atoms with E-state index in [2.05, 4.69) is 35.4 Å². The van der Waals surface area contributed by atoms with E-state index in [-0.39, 0.29) is 17.3 Å². The van der Waals surface area contributed by atoms with Crippen molar-refractivity contribution >= 4 is 52.4 Å². The van der Waals surface area contributed by atoms with Gasteiger partial charge in [0.05, 0.1) is 5.69 Å². The van der Waals surface area contributed by atoms with Gasteiger partial charge in [-0.3, -0.25) is 9.69 Å². The third kappa shape index (κ3) is 2.53. The van der Waals surface area contributed by atoms with Crippen LogP contribution < -0.4 is 4.90 Å². The fourth-order valence-corrected chi connectivity index (χ4v) is 5.46. The lowest BCUT2D eigenvalue weighted by Crippen LogP contribution is -2.33. The van der Waals surface area contributed by atoms with E-state index in [9.17, 15) is 4.79 Å². The molecule has 2 aliphatic heterocycles. The summed E-state index contributed by atoms with van der Waals surface area (Å²) in [4.78, 5) is 17.9. The summed E-state index contributed by atoms with van der Waals surface area (Å²) in [5.41, 5.74) is 2.05. The number of amides is 1. The summed E-state index contributed by atoms with van der Waals surface area (Å²) in [6, 6.07) is 18.1. The fraction of sp³-hybridized carbons (Fsp3) is 0.222. The van der Waals surface area contributed by atoms with Gasteiger partial charge in [-0.2, -0.15) is 0 Å². The number of hydrogen-bond acceptors (Lipinski definition) is 4. The molecule has 2 aromatic rings. The molecule has 2 heterocycles. The lowest BCUT2D eigenvalue weighted by atomic mass is 10.2. The zero-order chi connectivity index (χ0) is 16.7. The molecule has 0 spiro atoms. The predicted molar refractivity (Wildman–Crippen MR) is 106 cm³/mol. The fourth-order valence-electron chi connectivity index (χ4n) is 3.13. The number of hydrogen-bond donors (Lipinski definition) is 0. The topological polar surface area (TPSA) is 23.6 Å². The van der Waals surface area contributed by atoms with E-state index in [4.69, 9.17) is 12.2 Å². The molecule has 2 aliphatic rings. The van der Waals surface area contributed by atoms with Crippen molar-refractivity contribution < 1.29 is 4.79 Å². The molecule has 0 N–H and O–H groups in total. The molecule has 2 atom stereocenters. The van der Waals surface area contributed by atoms with Crippen molar-refractivity contribution in [3.8, 4) is 0 Å². The van der Waals surface area contributed by atoms with Gasteiger partial charge in [-0.05, 0) is 48.3 Å². The van der Waals surface area contributed by atoms with Gasteiger partial charge in [-0.15, -0.1) is 23.5 Å². The molecule has 0 saturated carbocycles. The van der Waals surface area contributed by atoms with Gasteiger partial charge in [-0.25, -0.2) is 0 Å². The SMILES string of the molecule is CSc1ccc([C@H]2SC[C@H]3C(=O)N(c4ccccc4)C(=S)N23)cc1. The van der Waals surface area contributed by atoms with E-state index in [0.29, 0.717) is 5.11 Å². The molecule has 4 rings (SSSR count). The van der Waals surface area contributed by atoms with Crippen LogP contribution in [0.2, 0.25) is 0 Å². The molecule has 3 nitrogen and oxygen atoms in total. The van der Waals surface area contributed by atoms with Crippen molar-refractivity contribution in [3.63, 3.8) is 0 Å². The first kappa shape index (κ1) is 16.0. The summed E-state index contributed by atoms with van der Waals surface area (Å²) >= 11 is 9.20. The number of rotatable bonds is 3. The Balaban J connectivity index is 1.65. The van der Waals surface area contributed by atoms with Gasteiger partial charge in [0.1, 0.15) is 11.4 Å². The van der Waals surface area contributed by atoms with Crippen LogP contribution >= 0.6 is 35.7 Å². The zero-order valence-corrected chi connectivity index (χ0v) is 15.5. The molecular formula is C18H16N2OS3. The number of anilines is 1. The number of para-hydroxylation sites is 1. The third-order valence-electron chi connectivity index (χ3n) is 4.33. The van der Waals surface area contributed by atoms with Crippen LogP contribution in [-0.4, -0.2) is 34.0 Å². The molecule has 0 unspecified atom stereocenters. The Morgan fingerprint density at radius 2 is 1.83 bits per heavy atom. The number of thiocarbonyl (C=S) groups is 1. The van der Waals surface area contributed by atoms with E-state index in [1.54, 1.807) is 28.4 Å². The van der Waals surface area contributed by atoms with Gasteiger partial charge >= 0.3 is 0 Å². The largest absolute Gasteiger partial charge is 0.319 e. The van der Waals surface area contributed by atoms with Crippen molar-refractivity contribution in [3.05, 3.63) is 60.2 Å². The minimum absolute atomic E-state index is 0.0851. The van der Waals surface area contributed by atoms with Crippen molar-refractivity contribution in [2.24, 2.45) is 0 Å². The van der Waals surface area contributed by atoms with Crippen LogP contribution in [0, 0.1) is 0 Å². The second-order valence-corrected chi connectivity index (χ2v) is 8.03. The smallest absolute Gasteiger partial charge is 0.257 e. The van der Waals surface area contributed by atoms with E-state index >= 15 is 0 Å². The van der Waals surface area contributed by atoms with Gasteiger partial charge in [0, 0.05) is 10.6 Å². The van der Waals surface area contributed by atoms with Gasteiger partial charge in [0.15, 0.2) is 5.11 Å². The minimum Gasteiger partial charge on any atom is -0.319 e. The second-order valence-electron chi connectivity index (χ2n) is 5.67. The average molecular weight is 373 g/mol. The lowest BCUT2D eigenvalue weighted by molar-refractivity contribution is -0.119. The maximum absolute atomic E-state index is 12.9. The highest BCUT2D eigenvalue weighted by Gasteiger charge is 2.50. The quantitative estimate of drug-likeness (QED) is 0.595. The first-order chi connectivity index (χ1) is 11.7. The maximum atomic E-state index is 12.9. The molecule has 0 radical (unpaired) electrons. The molecule has 122 valence electrons. The Morgan fingerprint density at radius 1 is 1.12 bits per heavy atom. The van der Waals surface area contributed by atoms with Crippen LogP contribution in [-0.2, 0) is 4.79 Å². The molecule has 2 saturated heterocycles. The predicted octanol–water partition coefficient (Wildman–Crippen LogP) is 4.16. The lowest BCUT2D eigenvalue weighted by Gasteiger charge is -2.25. The summed E-state index contributed by atoms with van der Waals surface area (Å²) in [5.74, 6) is 0.860. The Labute approximate surface area is 155 Å². The van der Waals surface area contributed by atoms with Crippen LogP contribution in [0.15, 0.2) is 59.5 Å². The highest BCUT2D eigenvalue weighted by atomic mass is 32.2. The molecule has 2 aromatic carbocycles. The average Bonchev–Trinajstić information content (AvgIpc) is 3.17. The van der Waals surface area contributed by atoms with Crippen molar-refractivity contribution in [1.82, 2.24) is 4.90 Å². The Morgan fingerprint density at radius 3 is 2.50 bits per heavy atom. The van der Waals surface area contributed by atoms with Crippen LogP contribution in [0.5, 0.6) is 0 Å². The number of benzene rings is 2. The molecule has 24 heavy (non-hydrogen) atoms. The van der Waals surface area contributed by atoms with Crippen LogP contribution in [0.4, 0.5) is 5.69 Å². The zero-order valence-electron chi connectivity index (χ0n) is 13.1. The molecule has 2 fully saturated rings. The van der Waals surface area contributed by atoms with E-state index in [1.807, 2.05) is 30.3 Å². The highest BCUT2D eigenvalue weighted by Crippen LogP contribution is 2.46. The van der Waals surface area contributed by atoms with Gasteiger partial charge < -0.3 is 4.90 Å². The first-order valence-electron chi connectivity index (χ1n) is 7.67. The highest BCUT2D eigenvalue weighted by molar-refractivity contribution is 8.00. The number of fused-ring (bicyclic) bond motifs is 1. The van der Waals surface area contributed by atoms with Gasteiger partial charge in [0.2, 0.25) is 0 Å². The Hall–Kier alpha value is -1.50. The molecule has 0 bridgehead atoms. The number of carbonyl (C=O) groups excluding carboxylic acids is 1. The number of carbonyl (C=O) groups is 1. The molecule has 0 aliphatic carbocycles. The first-order valence-corrected chi connectivity index (χ1v) is 10.4. The molecule has 1 amide bonds. The third-order valence-corrected chi connectivity index (χ3v) is 6.79. The van der Waals surface area contributed by atoms with Crippen molar-refractivity contribution in [2.75, 3.05) is 16.9 Å². The maximum Gasteiger partial charge on any atom is 0.257 e. The normalized spacial score (nSPS) is 23.0. The Kier molecular flexibility index (Phi) is 4.28. The standard InChI is InChI=1S/C18H16N2OS3/c1-23-14-9-7-12(8-10-14)17-20-15(11-24-17)16(21)19(18(20)22)13-5-3-2-4-6-13/h2-10,15,17H,11H2,1H3/t15-,17+/m0/s1. The van der Waals surface area contributed by atoms with E-state index < -0.39 is 0 Å². The summed E-state index contributed by atoms with van der Waals surface area (Å²) in [5, 5.41) is 0.719. The summed E-state index contributed by atoms with van der Waals surface area (Å²) in [6.07, 6.45) is 2.07. The van der Waals surface area contributed by atoms with Crippen molar-refractivity contribution in [1.29, 1.82) is 0 Å². The summed E-state index contributed by atoms with van der Waals surface area (Å²) in [7, 11) is 0. The molecule has 0 aromatic heterocycles. The van der Waals surface area contributed by atoms with Crippen molar-refractivity contribution in [2.45, 2.75) is 16.3 Å². The Bertz CT molecular complexity index is 779. The minimum atomic E-state index is -0.159. The molecule has 6 heteroatoms. The second kappa shape index (κ2) is 6.43. The summed E-state index contributed by atoms with van der Waals surface area (Å²) in [6.45, 7) is 0. The van der Waals surface area contributed by atoms with Gasteiger partial charge in [0.25, 0.3) is 5.91 Å². The van der Waals surface area contributed by atoms with Crippen LogP contribution in [0.25, 0.3) is 0 Å². The molecular weight excluding hydrogens is 356 g/mol. The summed E-state index contributed by atoms with van der Waals surface area (Å²) < 4.78 is 0. The van der Waals surface area contributed by atoms with E-state index in [1.165, 1.54) is 10.5 Å². The number of nitrogens with zero attached hydrogens (tertiary/aromatic N) is 2.